The maximum absolute atomic E-state index is 15.2. The number of ether oxygens (including phenoxy) is 2. The minimum absolute atomic E-state index is 0.438. The molecule has 3 aliphatic rings. The second-order valence-corrected chi connectivity index (χ2v) is 7.45. The van der Waals surface area contributed by atoms with Crippen LogP contribution in [0.3, 0.4) is 0 Å². The number of methoxy groups -OCH3 is 1. The van der Waals surface area contributed by atoms with Gasteiger partial charge in [0.15, 0.2) is 12.3 Å². The standard InChI is InChI=1S/C22H24FNO3/c1-12-8-14-4-5-20(22(23)15(14)9-13(12)2)27-19-6-7-24-17-11-18(25)21(26-3)10-16(17)19/h4-7,9-12,18,20-22,25H,8H2,1-3H3. The maximum atomic E-state index is 15.2. The Labute approximate surface area is 158 Å². The summed E-state index contributed by atoms with van der Waals surface area (Å²) in [4.78, 5) is 4.28. The zero-order valence-corrected chi connectivity index (χ0v) is 15.7. The number of alkyl halides is 1. The van der Waals surface area contributed by atoms with Crippen molar-refractivity contribution in [1.82, 2.24) is 4.98 Å². The van der Waals surface area contributed by atoms with Crippen molar-refractivity contribution in [3.8, 4) is 5.75 Å². The minimum atomic E-state index is -1.22. The average Bonchev–Trinajstić information content (AvgIpc) is 2.65. The minimum Gasteiger partial charge on any atom is -0.482 e. The zero-order chi connectivity index (χ0) is 19.1. The van der Waals surface area contributed by atoms with Crippen molar-refractivity contribution in [2.75, 3.05) is 7.11 Å². The van der Waals surface area contributed by atoms with Gasteiger partial charge in [-0.15, -0.1) is 0 Å². The molecule has 1 heterocycles. The normalized spacial score (nSPS) is 32.0. The molecule has 1 aromatic heterocycles. The van der Waals surface area contributed by atoms with Gasteiger partial charge in [0.2, 0.25) is 0 Å². The molecule has 0 spiro atoms. The lowest BCUT2D eigenvalue weighted by atomic mass is 9.80. The molecule has 0 fully saturated rings. The predicted molar refractivity (Wildman–Crippen MR) is 102 cm³/mol. The number of nitrogens with zero attached hydrogens (tertiary/aromatic N) is 1. The van der Waals surface area contributed by atoms with E-state index in [9.17, 15) is 5.11 Å². The largest absolute Gasteiger partial charge is 0.482 e. The number of rotatable bonds is 3. The summed E-state index contributed by atoms with van der Waals surface area (Å²) in [6.45, 7) is 4.21. The highest BCUT2D eigenvalue weighted by Crippen LogP contribution is 2.36. The quantitative estimate of drug-likeness (QED) is 0.885. The fraction of sp³-hybridized carbons (Fsp3) is 0.409. The summed E-state index contributed by atoms with van der Waals surface area (Å²) in [7, 11) is 1.54. The summed E-state index contributed by atoms with van der Waals surface area (Å²) in [5.74, 6) is 0.976. The Kier molecular flexibility index (Phi) is 4.74. The molecule has 0 aliphatic heterocycles. The van der Waals surface area contributed by atoms with Crippen molar-refractivity contribution in [2.24, 2.45) is 5.92 Å². The molecule has 5 heteroatoms. The lowest BCUT2D eigenvalue weighted by Gasteiger charge is -2.31. The number of hydrogen-bond acceptors (Lipinski definition) is 4. The molecule has 1 aromatic rings. The third kappa shape index (κ3) is 3.26. The number of halogens is 1. The Morgan fingerprint density at radius 2 is 2.07 bits per heavy atom. The molecule has 1 N–H and O–H groups in total. The van der Waals surface area contributed by atoms with E-state index < -0.39 is 24.5 Å². The maximum Gasteiger partial charge on any atom is 0.166 e. The zero-order valence-electron chi connectivity index (χ0n) is 15.7. The number of fused-ring (bicyclic) bond motifs is 1. The molecular weight excluding hydrogens is 345 g/mol. The van der Waals surface area contributed by atoms with Crippen molar-refractivity contribution in [3.63, 3.8) is 0 Å². The number of aliphatic hydroxyl groups excluding tert-OH is 1. The van der Waals surface area contributed by atoms with Crippen LogP contribution >= 0.6 is 0 Å². The molecular formula is C22H24FNO3. The molecule has 4 nitrogen and oxygen atoms in total. The molecule has 0 aromatic carbocycles. The molecule has 0 bridgehead atoms. The van der Waals surface area contributed by atoms with E-state index in [1.165, 1.54) is 12.7 Å². The van der Waals surface area contributed by atoms with Gasteiger partial charge in [-0.25, -0.2) is 4.39 Å². The number of pyridine rings is 1. The van der Waals surface area contributed by atoms with Gasteiger partial charge in [0.1, 0.15) is 18.0 Å². The summed E-state index contributed by atoms with van der Waals surface area (Å²) >= 11 is 0. The Balaban J connectivity index is 1.65. The molecule has 142 valence electrons. The van der Waals surface area contributed by atoms with Crippen LogP contribution in [-0.4, -0.2) is 41.7 Å². The van der Waals surface area contributed by atoms with Crippen molar-refractivity contribution < 1.29 is 19.0 Å². The van der Waals surface area contributed by atoms with E-state index in [1.807, 2.05) is 12.2 Å². The molecule has 5 unspecified atom stereocenters. The van der Waals surface area contributed by atoms with Crippen LogP contribution in [0, 0.1) is 5.92 Å². The van der Waals surface area contributed by atoms with Crippen LogP contribution < -0.4 is 15.3 Å². The van der Waals surface area contributed by atoms with E-state index in [-0.39, 0.29) is 0 Å². The van der Waals surface area contributed by atoms with E-state index >= 15 is 4.39 Å². The fourth-order valence-corrected chi connectivity index (χ4v) is 3.84. The van der Waals surface area contributed by atoms with Crippen LogP contribution in [0.25, 0.3) is 12.2 Å². The van der Waals surface area contributed by atoms with E-state index in [0.717, 1.165) is 22.8 Å². The van der Waals surface area contributed by atoms with Gasteiger partial charge < -0.3 is 14.6 Å². The Morgan fingerprint density at radius 1 is 1.26 bits per heavy atom. The Hall–Kier alpha value is -2.24. The Bertz CT molecular complexity index is 962. The van der Waals surface area contributed by atoms with Gasteiger partial charge in [0, 0.05) is 18.5 Å². The molecule has 0 radical (unpaired) electrons. The summed E-state index contributed by atoms with van der Waals surface area (Å²) in [5, 5.41) is 11.4. The monoisotopic (exact) mass is 369 g/mol. The van der Waals surface area contributed by atoms with Gasteiger partial charge in [-0.1, -0.05) is 24.6 Å². The van der Waals surface area contributed by atoms with E-state index in [2.05, 4.69) is 18.8 Å². The first-order valence-electron chi connectivity index (χ1n) is 9.27. The highest BCUT2D eigenvalue weighted by atomic mass is 19.1. The lowest BCUT2D eigenvalue weighted by Crippen LogP contribution is -2.42. The number of hydrogen-bond donors (Lipinski definition) is 1. The van der Waals surface area contributed by atoms with Crippen LogP contribution in [0.15, 0.2) is 47.2 Å². The van der Waals surface area contributed by atoms with Gasteiger partial charge in [0.05, 0.1) is 5.35 Å². The molecule has 27 heavy (non-hydrogen) atoms. The predicted octanol–water partition coefficient (Wildman–Crippen LogP) is 1.97. The Morgan fingerprint density at radius 3 is 2.85 bits per heavy atom. The average molecular weight is 369 g/mol. The van der Waals surface area contributed by atoms with Crippen LogP contribution in [0.1, 0.15) is 20.3 Å². The first-order valence-corrected chi connectivity index (χ1v) is 9.27. The molecule has 5 atom stereocenters. The van der Waals surface area contributed by atoms with Crippen LogP contribution in [0.2, 0.25) is 0 Å². The van der Waals surface area contributed by atoms with Crippen molar-refractivity contribution in [3.05, 3.63) is 57.8 Å². The van der Waals surface area contributed by atoms with Gasteiger partial charge in [-0.2, -0.15) is 0 Å². The molecule has 4 rings (SSSR count). The summed E-state index contributed by atoms with van der Waals surface area (Å²) < 4.78 is 26.6. The lowest BCUT2D eigenvalue weighted by molar-refractivity contribution is 0.0588. The number of allylic oxidation sites excluding steroid dienone is 4. The molecule has 3 aliphatic carbocycles. The van der Waals surface area contributed by atoms with Crippen molar-refractivity contribution in [2.45, 2.75) is 44.8 Å². The van der Waals surface area contributed by atoms with E-state index in [0.29, 0.717) is 17.0 Å². The second-order valence-electron chi connectivity index (χ2n) is 7.45. The first kappa shape index (κ1) is 18.1. The second kappa shape index (κ2) is 7.06. The topological polar surface area (TPSA) is 51.6 Å². The molecule has 0 amide bonds. The fourth-order valence-electron chi connectivity index (χ4n) is 3.84. The number of aromatic nitrogens is 1. The number of aliphatic hydroxyl groups is 1. The third-order valence-corrected chi connectivity index (χ3v) is 5.64. The van der Waals surface area contributed by atoms with Crippen LogP contribution in [-0.2, 0) is 4.74 Å². The van der Waals surface area contributed by atoms with E-state index in [4.69, 9.17) is 9.47 Å². The van der Waals surface area contributed by atoms with Gasteiger partial charge >= 0.3 is 0 Å². The van der Waals surface area contributed by atoms with Gasteiger partial charge in [-0.3, -0.25) is 4.98 Å². The van der Waals surface area contributed by atoms with Crippen LogP contribution in [0.4, 0.5) is 4.39 Å². The molecule has 0 saturated carbocycles. The smallest absolute Gasteiger partial charge is 0.166 e. The summed E-state index contributed by atoms with van der Waals surface area (Å²) in [6.07, 6.45) is 8.47. The SMILES string of the molecule is COC1C=c2c(OC3C=CC4=C(C=C(C)C(C)C4)C3F)ccnc2=CC1O. The summed E-state index contributed by atoms with van der Waals surface area (Å²) in [5.41, 5.74) is 2.98. The highest BCUT2D eigenvalue weighted by Gasteiger charge is 2.32. The van der Waals surface area contributed by atoms with Crippen LogP contribution in [0.5, 0.6) is 5.75 Å². The highest BCUT2D eigenvalue weighted by molar-refractivity contribution is 5.49. The third-order valence-electron chi connectivity index (χ3n) is 5.64. The van der Waals surface area contributed by atoms with E-state index in [1.54, 1.807) is 30.5 Å². The van der Waals surface area contributed by atoms with Gasteiger partial charge in [-0.05, 0) is 54.7 Å². The summed E-state index contributed by atoms with van der Waals surface area (Å²) in [6, 6.07) is 1.72. The van der Waals surface area contributed by atoms with Crippen molar-refractivity contribution in [1.29, 1.82) is 0 Å². The van der Waals surface area contributed by atoms with Gasteiger partial charge in [0.25, 0.3) is 0 Å². The first-order chi connectivity index (χ1) is 13.0. The molecule has 0 saturated heterocycles. The van der Waals surface area contributed by atoms with Crippen molar-refractivity contribution >= 4 is 12.2 Å².